The second-order valence-corrected chi connectivity index (χ2v) is 3.73. The van der Waals surface area contributed by atoms with Crippen LogP contribution in [0.15, 0.2) is 12.3 Å². The second-order valence-electron chi connectivity index (χ2n) is 3.73. The normalized spacial score (nSPS) is 24.0. The maximum Gasteiger partial charge on any atom is 0.0521 e. The summed E-state index contributed by atoms with van der Waals surface area (Å²) < 4.78 is 1.92. The van der Waals surface area contributed by atoms with Crippen molar-refractivity contribution in [3.05, 3.63) is 18.0 Å². The van der Waals surface area contributed by atoms with Crippen LogP contribution < -0.4 is 5.73 Å². The topological polar surface area (TPSA) is 47.1 Å². The molecule has 0 bridgehead atoms. The maximum absolute atomic E-state index is 5.83. The minimum Gasteiger partial charge on any atom is -0.326 e. The fourth-order valence-electron chi connectivity index (χ4n) is 1.79. The number of likely N-dealkylation sites (tertiary alicyclic amines) is 1. The summed E-state index contributed by atoms with van der Waals surface area (Å²) in [6.07, 6.45) is 2.96. The molecular weight excluding hydrogens is 164 g/mol. The predicted molar refractivity (Wildman–Crippen MR) is 51.1 cm³/mol. The third-order valence-electron chi connectivity index (χ3n) is 2.62. The molecular formula is C9H16N4. The molecule has 1 atom stereocenters. The Morgan fingerprint density at radius 1 is 1.69 bits per heavy atom. The summed E-state index contributed by atoms with van der Waals surface area (Å²) in [6.45, 7) is 3.11. The van der Waals surface area contributed by atoms with Gasteiger partial charge in [-0.3, -0.25) is 9.58 Å². The zero-order chi connectivity index (χ0) is 9.26. The van der Waals surface area contributed by atoms with E-state index in [1.807, 2.05) is 17.9 Å². The van der Waals surface area contributed by atoms with Crippen LogP contribution in [0, 0.1) is 0 Å². The van der Waals surface area contributed by atoms with Crippen LogP contribution in [0.1, 0.15) is 12.1 Å². The third-order valence-corrected chi connectivity index (χ3v) is 2.62. The summed E-state index contributed by atoms with van der Waals surface area (Å²) >= 11 is 0. The summed E-state index contributed by atoms with van der Waals surface area (Å²) in [7, 11) is 1.98. The van der Waals surface area contributed by atoms with Crippen LogP contribution >= 0.6 is 0 Å². The second kappa shape index (κ2) is 3.47. The van der Waals surface area contributed by atoms with Crippen molar-refractivity contribution in [1.29, 1.82) is 0 Å². The first-order valence-corrected chi connectivity index (χ1v) is 4.70. The first-order chi connectivity index (χ1) is 6.25. The molecule has 13 heavy (non-hydrogen) atoms. The van der Waals surface area contributed by atoms with E-state index in [0.717, 1.165) is 26.1 Å². The molecule has 0 saturated carbocycles. The lowest BCUT2D eigenvalue weighted by atomic mass is 10.3. The molecule has 2 N–H and O–H groups in total. The molecule has 2 heterocycles. The number of hydrogen-bond donors (Lipinski definition) is 1. The van der Waals surface area contributed by atoms with Crippen LogP contribution in [-0.4, -0.2) is 33.8 Å². The molecule has 4 nitrogen and oxygen atoms in total. The van der Waals surface area contributed by atoms with E-state index in [-0.39, 0.29) is 0 Å². The van der Waals surface area contributed by atoms with E-state index in [0.29, 0.717) is 6.04 Å². The molecule has 0 radical (unpaired) electrons. The van der Waals surface area contributed by atoms with Crippen molar-refractivity contribution in [1.82, 2.24) is 14.7 Å². The number of aromatic nitrogens is 2. The quantitative estimate of drug-likeness (QED) is 0.694. The first-order valence-electron chi connectivity index (χ1n) is 4.70. The highest BCUT2D eigenvalue weighted by molar-refractivity contribution is 5.00. The van der Waals surface area contributed by atoms with Crippen LogP contribution in [-0.2, 0) is 13.6 Å². The molecule has 1 fully saturated rings. The number of aryl methyl sites for hydroxylation is 1. The number of nitrogens with zero attached hydrogens (tertiary/aromatic N) is 3. The van der Waals surface area contributed by atoms with Crippen LogP contribution in [0.5, 0.6) is 0 Å². The van der Waals surface area contributed by atoms with Crippen molar-refractivity contribution in [2.75, 3.05) is 13.1 Å². The Labute approximate surface area is 78.3 Å². The number of rotatable bonds is 2. The van der Waals surface area contributed by atoms with Gasteiger partial charge in [0, 0.05) is 38.9 Å². The Morgan fingerprint density at radius 2 is 2.54 bits per heavy atom. The van der Waals surface area contributed by atoms with Crippen LogP contribution in [0.25, 0.3) is 0 Å². The molecule has 0 aliphatic carbocycles. The van der Waals surface area contributed by atoms with Gasteiger partial charge in [0.05, 0.1) is 5.69 Å². The van der Waals surface area contributed by atoms with Crippen molar-refractivity contribution in [2.45, 2.75) is 19.0 Å². The highest BCUT2D eigenvalue weighted by Crippen LogP contribution is 2.10. The molecule has 2 rings (SSSR count). The summed E-state index contributed by atoms with van der Waals surface area (Å²) in [5.74, 6) is 0. The van der Waals surface area contributed by atoms with Crippen molar-refractivity contribution in [3.63, 3.8) is 0 Å². The van der Waals surface area contributed by atoms with Gasteiger partial charge in [-0.2, -0.15) is 5.10 Å². The summed E-state index contributed by atoms with van der Waals surface area (Å²) in [4.78, 5) is 2.38. The zero-order valence-electron chi connectivity index (χ0n) is 7.98. The lowest BCUT2D eigenvalue weighted by Gasteiger charge is -2.14. The van der Waals surface area contributed by atoms with Gasteiger partial charge in [-0.25, -0.2) is 0 Å². The highest BCUT2D eigenvalue weighted by atomic mass is 15.3. The van der Waals surface area contributed by atoms with Gasteiger partial charge in [0.25, 0.3) is 0 Å². The fourth-order valence-corrected chi connectivity index (χ4v) is 1.79. The molecule has 0 spiro atoms. The van der Waals surface area contributed by atoms with Gasteiger partial charge < -0.3 is 5.73 Å². The molecule has 1 aliphatic heterocycles. The van der Waals surface area contributed by atoms with Gasteiger partial charge in [0.15, 0.2) is 0 Å². The average Bonchev–Trinajstić information content (AvgIpc) is 2.64. The largest absolute Gasteiger partial charge is 0.326 e. The Hall–Kier alpha value is -0.870. The third kappa shape index (κ3) is 1.89. The standard InChI is InChI=1S/C9H16N4/c1-12-9(2-4-11-12)7-13-5-3-8(10)6-13/h2,4,8H,3,5-7,10H2,1H3/t8-/m1/s1. The molecule has 0 amide bonds. The van der Waals surface area contributed by atoms with Crippen LogP contribution in [0.2, 0.25) is 0 Å². The molecule has 1 aromatic rings. The number of hydrogen-bond acceptors (Lipinski definition) is 3. The minimum atomic E-state index is 0.369. The van der Waals surface area contributed by atoms with Gasteiger partial charge >= 0.3 is 0 Å². The van der Waals surface area contributed by atoms with Gasteiger partial charge in [0.1, 0.15) is 0 Å². The number of nitrogens with two attached hydrogens (primary N) is 1. The Bertz CT molecular complexity index is 281. The Morgan fingerprint density at radius 3 is 3.08 bits per heavy atom. The Kier molecular flexibility index (Phi) is 2.33. The van der Waals surface area contributed by atoms with Gasteiger partial charge in [-0.1, -0.05) is 0 Å². The molecule has 4 heteroatoms. The summed E-state index contributed by atoms with van der Waals surface area (Å²) in [6, 6.07) is 2.43. The van der Waals surface area contributed by atoms with Crippen molar-refractivity contribution in [2.24, 2.45) is 12.8 Å². The molecule has 0 unspecified atom stereocenters. The summed E-state index contributed by atoms with van der Waals surface area (Å²) in [5.41, 5.74) is 7.09. The van der Waals surface area contributed by atoms with Gasteiger partial charge in [0.2, 0.25) is 0 Å². The van der Waals surface area contributed by atoms with Gasteiger partial charge in [-0.15, -0.1) is 0 Å². The molecule has 1 aromatic heterocycles. The van der Waals surface area contributed by atoms with Crippen LogP contribution in [0.3, 0.4) is 0 Å². The fraction of sp³-hybridized carbons (Fsp3) is 0.667. The van der Waals surface area contributed by atoms with E-state index in [1.165, 1.54) is 5.69 Å². The smallest absolute Gasteiger partial charge is 0.0521 e. The lowest BCUT2D eigenvalue weighted by molar-refractivity contribution is 0.317. The molecule has 1 saturated heterocycles. The minimum absolute atomic E-state index is 0.369. The molecule has 0 aromatic carbocycles. The van der Waals surface area contributed by atoms with E-state index in [2.05, 4.69) is 16.1 Å². The van der Waals surface area contributed by atoms with Crippen molar-refractivity contribution >= 4 is 0 Å². The lowest BCUT2D eigenvalue weighted by Crippen LogP contribution is -2.26. The van der Waals surface area contributed by atoms with E-state index in [4.69, 9.17) is 5.73 Å². The van der Waals surface area contributed by atoms with Crippen molar-refractivity contribution in [3.8, 4) is 0 Å². The van der Waals surface area contributed by atoms with Crippen LogP contribution in [0.4, 0.5) is 0 Å². The van der Waals surface area contributed by atoms with Crippen molar-refractivity contribution < 1.29 is 0 Å². The molecule has 72 valence electrons. The van der Waals surface area contributed by atoms with E-state index in [9.17, 15) is 0 Å². The van der Waals surface area contributed by atoms with Gasteiger partial charge in [-0.05, 0) is 12.5 Å². The SMILES string of the molecule is Cn1nccc1CN1CC[C@@H](N)C1. The average molecular weight is 180 g/mol. The van der Waals surface area contributed by atoms with E-state index < -0.39 is 0 Å². The Balaban J connectivity index is 1.95. The highest BCUT2D eigenvalue weighted by Gasteiger charge is 2.19. The first kappa shape index (κ1) is 8.72. The molecule has 1 aliphatic rings. The maximum atomic E-state index is 5.83. The predicted octanol–water partition coefficient (Wildman–Crippen LogP) is -0.0469. The summed E-state index contributed by atoms with van der Waals surface area (Å²) in [5, 5.41) is 4.14. The zero-order valence-corrected chi connectivity index (χ0v) is 7.98. The van der Waals surface area contributed by atoms with E-state index >= 15 is 0 Å². The monoisotopic (exact) mass is 180 g/mol. The van der Waals surface area contributed by atoms with E-state index in [1.54, 1.807) is 0 Å².